The molecule has 0 fully saturated rings. The predicted molar refractivity (Wildman–Crippen MR) is 173 cm³/mol. The molecule has 236 valence electrons. The lowest BCUT2D eigenvalue weighted by Gasteiger charge is -2.39. The Hall–Kier alpha value is -3.67. The zero-order valence-electron chi connectivity index (χ0n) is 26.6. The molecule has 3 heterocycles. The molecule has 2 unspecified atom stereocenters. The largest absolute Gasteiger partial charge is 0.481 e. The number of fused-ring (bicyclic) bond motifs is 1. The first-order valence-electron chi connectivity index (χ1n) is 14.4. The van der Waals surface area contributed by atoms with Crippen molar-refractivity contribution in [2.45, 2.75) is 44.8 Å². The molecule has 0 bridgehead atoms. The second-order valence-corrected chi connectivity index (χ2v) is 11.9. The highest BCUT2D eigenvalue weighted by molar-refractivity contribution is 9.10. The van der Waals surface area contributed by atoms with Crippen LogP contribution in [-0.2, 0) is 5.60 Å². The van der Waals surface area contributed by atoms with Gasteiger partial charge in [0.1, 0.15) is 5.60 Å². The van der Waals surface area contributed by atoms with Crippen molar-refractivity contribution in [2.24, 2.45) is 0 Å². The Kier molecular flexibility index (Phi) is 10.9. The van der Waals surface area contributed by atoms with E-state index in [1.165, 1.54) is 0 Å². The lowest BCUT2D eigenvalue weighted by Crippen LogP contribution is -2.38. The van der Waals surface area contributed by atoms with Crippen molar-refractivity contribution in [2.75, 3.05) is 48.6 Å². The molecule has 0 aliphatic heterocycles. The van der Waals surface area contributed by atoms with Crippen LogP contribution in [0.25, 0.3) is 10.9 Å². The van der Waals surface area contributed by atoms with Crippen LogP contribution in [0.1, 0.15) is 49.8 Å². The van der Waals surface area contributed by atoms with Crippen molar-refractivity contribution in [1.82, 2.24) is 19.9 Å². The molecule has 3 aromatic heterocycles. The molecule has 10 nitrogen and oxygen atoms in total. The van der Waals surface area contributed by atoms with Crippen molar-refractivity contribution in [1.29, 1.82) is 0 Å². The lowest BCUT2D eigenvalue weighted by atomic mass is 9.72. The van der Waals surface area contributed by atoms with Crippen LogP contribution in [0.15, 0.2) is 53.0 Å². The summed E-state index contributed by atoms with van der Waals surface area (Å²) in [7, 11) is 8.60. The Balaban J connectivity index is 2.12. The van der Waals surface area contributed by atoms with Gasteiger partial charge in [0.2, 0.25) is 29.4 Å². The average Bonchev–Trinajstić information content (AvgIpc) is 2.99. The van der Waals surface area contributed by atoms with E-state index in [0.29, 0.717) is 65.7 Å². The number of nitrogens with zero attached hydrogens (tertiary/aromatic N) is 4. The fraction of sp³-hybridized carbons (Fsp3) is 0.424. The first-order chi connectivity index (χ1) is 21.0. The first kappa shape index (κ1) is 33.2. The van der Waals surface area contributed by atoms with Crippen molar-refractivity contribution < 1.29 is 28.8 Å². The van der Waals surface area contributed by atoms with Crippen LogP contribution in [0.4, 0.5) is 0 Å². The quantitative estimate of drug-likeness (QED) is 0.173. The smallest absolute Gasteiger partial charge is 0.217 e. The minimum Gasteiger partial charge on any atom is -0.481 e. The van der Waals surface area contributed by atoms with Crippen LogP contribution in [0, 0.1) is 0 Å². The van der Waals surface area contributed by atoms with Crippen molar-refractivity contribution in [3.8, 4) is 29.4 Å². The van der Waals surface area contributed by atoms with Gasteiger partial charge in [-0.25, -0.2) is 4.98 Å². The van der Waals surface area contributed by atoms with Gasteiger partial charge in [-0.05, 0) is 76.7 Å². The van der Waals surface area contributed by atoms with Gasteiger partial charge in [-0.2, -0.15) is 9.97 Å². The third kappa shape index (κ3) is 7.51. The molecule has 0 aliphatic carbocycles. The maximum absolute atomic E-state index is 13.3. The summed E-state index contributed by atoms with van der Waals surface area (Å²) in [5.74, 6) is 0.996. The maximum atomic E-state index is 13.3. The second kappa shape index (κ2) is 14.4. The summed E-state index contributed by atoms with van der Waals surface area (Å²) >= 11 is 3.59. The van der Waals surface area contributed by atoms with E-state index in [9.17, 15) is 5.11 Å². The van der Waals surface area contributed by atoms with Crippen molar-refractivity contribution in [3.63, 3.8) is 0 Å². The van der Waals surface area contributed by atoms with Crippen LogP contribution < -0.4 is 23.7 Å². The van der Waals surface area contributed by atoms with Gasteiger partial charge in [-0.15, -0.1) is 0 Å². The Morgan fingerprint density at radius 1 is 0.864 bits per heavy atom. The number of rotatable bonds is 14. The summed E-state index contributed by atoms with van der Waals surface area (Å²) in [6.07, 6.45) is 0.170. The zero-order chi connectivity index (χ0) is 32.0. The number of aliphatic hydroxyl groups is 1. The summed E-state index contributed by atoms with van der Waals surface area (Å²) in [5.41, 5.74) is 1.09. The fourth-order valence-electron chi connectivity index (χ4n) is 5.21. The number of hydrogen-bond acceptors (Lipinski definition) is 10. The Bertz CT molecular complexity index is 1560. The second-order valence-electron chi connectivity index (χ2n) is 11.0. The van der Waals surface area contributed by atoms with Crippen LogP contribution in [0.3, 0.4) is 0 Å². The molecule has 0 spiro atoms. The van der Waals surface area contributed by atoms with Crippen LogP contribution in [0.2, 0.25) is 0 Å². The molecule has 0 radical (unpaired) electrons. The molecule has 44 heavy (non-hydrogen) atoms. The molecule has 1 aromatic carbocycles. The van der Waals surface area contributed by atoms with E-state index in [1.807, 2.05) is 64.0 Å². The highest BCUT2D eigenvalue weighted by atomic mass is 79.9. The molecule has 4 rings (SSSR count). The minimum absolute atomic E-state index is 0.144. The molecule has 4 aromatic rings. The molecule has 0 saturated heterocycles. The molecular formula is C33H41BrN4O6. The SMILES string of the molecule is CCOc1cc(C(O)(CCN(C)C)C(c2cc(OC)nc(OC)c2)c2cc3cc(Br)ccc3nc2OC)cc(OC(C)C)n1. The normalized spacial score (nSPS) is 13.5. The molecule has 0 amide bonds. The fourth-order valence-corrected chi connectivity index (χ4v) is 5.59. The van der Waals surface area contributed by atoms with Gasteiger partial charge in [0.15, 0.2) is 0 Å². The molecule has 11 heteroatoms. The van der Waals surface area contributed by atoms with Gasteiger partial charge in [-0.3, -0.25) is 0 Å². The molecular weight excluding hydrogens is 628 g/mol. The van der Waals surface area contributed by atoms with E-state index in [4.69, 9.17) is 28.7 Å². The van der Waals surface area contributed by atoms with Gasteiger partial charge < -0.3 is 33.7 Å². The van der Waals surface area contributed by atoms with E-state index in [-0.39, 0.29) is 6.10 Å². The van der Waals surface area contributed by atoms with Crippen LogP contribution >= 0.6 is 15.9 Å². The maximum Gasteiger partial charge on any atom is 0.217 e. The standard InChI is InChI=1S/C33H41BrN4O6/c1-9-43-29-18-23(19-30(37-29)44-20(2)3)33(39,12-13-38(4)5)31(22-16-27(40-6)36-28(17-22)41-7)25-15-21-14-24(34)10-11-26(21)35-32(25)42-8/h10-11,14-20,31,39H,9,12-13H2,1-8H3. The number of pyridine rings is 3. The molecule has 0 aliphatic rings. The number of benzene rings is 1. The number of ether oxygens (including phenoxy) is 5. The Morgan fingerprint density at radius 2 is 1.52 bits per heavy atom. The van der Waals surface area contributed by atoms with Crippen LogP contribution in [0.5, 0.6) is 29.4 Å². The van der Waals surface area contributed by atoms with E-state index < -0.39 is 11.5 Å². The van der Waals surface area contributed by atoms with Gasteiger partial charge in [-0.1, -0.05) is 15.9 Å². The monoisotopic (exact) mass is 668 g/mol. The van der Waals surface area contributed by atoms with Gasteiger partial charge in [0.25, 0.3) is 0 Å². The highest BCUT2D eigenvalue weighted by Gasteiger charge is 2.44. The summed E-state index contributed by atoms with van der Waals surface area (Å²) in [5, 5.41) is 14.1. The number of halogens is 1. The summed E-state index contributed by atoms with van der Waals surface area (Å²) < 4.78 is 29.9. The Labute approximate surface area is 267 Å². The zero-order valence-corrected chi connectivity index (χ0v) is 28.1. The van der Waals surface area contributed by atoms with Gasteiger partial charge >= 0.3 is 0 Å². The topological polar surface area (TPSA) is 108 Å². The summed E-state index contributed by atoms with van der Waals surface area (Å²) in [6.45, 7) is 6.68. The third-order valence-corrected chi connectivity index (χ3v) is 7.66. The van der Waals surface area contributed by atoms with Gasteiger partial charge in [0.05, 0.1) is 39.6 Å². The first-order valence-corrected chi connectivity index (χ1v) is 15.2. The van der Waals surface area contributed by atoms with Crippen molar-refractivity contribution in [3.05, 3.63) is 69.7 Å². The highest BCUT2D eigenvalue weighted by Crippen LogP contribution is 2.49. The van der Waals surface area contributed by atoms with Gasteiger partial charge in [0, 0.05) is 52.2 Å². The lowest BCUT2D eigenvalue weighted by molar-refractivity contribution is 0.00302. The third-order valence-electron chi connectivity index (χ3n) is 7.17. The molecule has 0 saturated carbocycles. The predicted octanol–water partition coefficient (Wildman–Crippen LogP) is 5.97. The minimum atomic E-state index is -1.57. The summed E-state index contributed by atoms with van der Waals surface area (Å²) in [6, 6.07) is 15.0. The molecule has 1 N–H and O–H groups in total. The van der Waals surface area contributed by atoms with E-state index in [2.05, 4.69) is 25.9 Å². The number of aromatic nitrogens is 3. The Morgan fingerprint density at radius 3 is 2.11 bits per heavy atom. The van der Waals surface area contributed by atoms with E-state index in [1.54, 1.807) is 45.6 Å². The molecule has 2 atom stereocenters. The summed E-state index contributed by atoms with van der Waals surface area (Å²) in [4.78, 5) is 15.9. The van der Waals surface area contributed by atoms with Crippen LogP contribution in [-0.4, -0.2) is 79.6 Å². The van der Waals surface area contributed by atoms with E-state index in [0.717, 1.165) is 15.4 Å². The van der Waals surface area contributed by atoms with Crippen molar-refractivity contribution >= 4 is 26.8 Å². The number of methoxy groups -OCH3 is 3. The van der Waals surface area contributed by atoms with E-state index >= 15 is 0 Å². The number of hydrogen-bond donors (Lipinski definition) is 1. The average molecular weight is 670 g/mol.